The molecule has 21 heavy (non-hydrogen) atoms. The van der Waals surface area contributed by atoms with Gasteiger partial charge in [-0.05, 0) is 38.6 Å². The fraction of sp³-hybridized carbons (Fsp3) is 0.562. The molecule has 0 aliphatic heterocycles. The first-order valence-corrected chi connectivity index (χ1v) is 7.32. The van der Waals surface area contributed by atoms with Gasteiger partial charge < -0.3 is 20.7 Å². The van der Waals surface area contributed by atoms with Crippen molar-refractivity contribution in [1.29, 1.82) is 0 Å². The van der Waals surface area contributed by atoms with Crippen molar-refractivity contribution in [2.45, 2.75) is 26.3 Å². The van der Waals surface area contributed by atoms with E-state index >= 15 is 0 Å². The number of benzene rings is 1. The minimum absolute atomic E-state index is 0.158. The Hall–Kier alpha value is -1.59. The van der Waals surface area contributed by atoms with Crippen molar-refractivity contribution in [3.63, 3.8) is 0 Å². The summed E-state index contributed by atoms with van der Waals surface area (Å²) >= 11 is 0. The van der Waals surface area contributed by atoms with Crippen LogP contribution >= 0.6 is 0 Å². The molecule has 1 amide bonds. The number of anilines is 1. The van der Waals surface area contributed by atoms with Crippen molar-refractivity contribution in [2.75, 3.05) is 32.6 Å². The fourth-order valence-corrected chi connectivity index (χ4v) is 1.86. The molecule has 118 valence electrons. The number of hydrogen-bond donors (Lipinski definition) is 2. The summed E-state index contributed by atoms with van der Waals surface area (Å²) in [5.41, 5.74) is 6.58. The summed E-state index contributed by atoms with van der Waals surface area (Å²) in [5.74, 6) is 0.979. The van der Waals surface area contributed by atoms with Crippen molar-refractivity contribution in [3.8, 4) is 5.75 Å². The quantitative estimate of drug-likeness (QED) is 0.768. The van der Waals surface area contributed by atoms with Gasteiger partial charge in [0.25, 0.3) is 0 Å². The number of nitrogens with one attached hydrogen (secondary N) is 1. The third-order valence-electron chi connectivity index (χ3n) is 2.97. The second-order valence-electron chi connectivity index (χ2n) is 5.90. The molecule has 0 heterocycles. The number of carbonyl (C=O) groups is 1. The maximum Gasteiger partial charge on any atom is 0.241 e. The largest absolute Gasteiger partial charge is 0.492 e. The van der Waals surface area contributed by atoms with Crippen molar-refractivity contribution < 1.29 is 9.53 Å². The molecular weight excluding hydrogens is 266 g/mol. The molecule has 5 heteroatoms. The lowest BCUT2D eigenvalue weighted by atomic mass is 10.0. The lowest BCUT2D eigenvalue weighted by Crippen LogP contribution is -2.36. The number of carbonyl (C=O) groups excluding carboxylic acids is 1. The molecule has 1 atom stereocenters. The van der Waals surface area contributed by atoms with E-state index in [1.807, 2.05) is 52.2 Å². The molecule has 5 nitrogen and oxygen atoms in total. The molecular formula is C16H27N3O2. The number of amides is 1. The summed E-state index contributed by atoms with van der Waals surface area (Å²) in [4.78, 5) is 14.0. The summed E-state index contributed by atoms with van der Waals surface area (Å²) in [6, 6.07) is 6.89. The normalized spacial score (nSPS) is 12.5. The minimum Gasteiger partial charge on any atom is -0.492 e. The highest BCUT2D eigenvalue weighted by atomic mass is 16.5. The first kappa shape index (κ1) is 17.5. The molecule has 3 N–H and O–H groups in total. The van der Waals surface area contributed by atoms with Crippen LogP contribution in [0.4, 0.5) is 5.69 Å². The number of likely N-dealkylation sites (N-methyl/N-ethyl adjacent to an activating group) is 1. The monoisotopic (exact) mass is 293 g/mol. The standard InChI is InChI=1S/C16H27N3O2/c1-12(2)10-15(17)16(20)18-13-6-5-7-14(11-13)21-9-8-19(3)4/h5-7,11-12,15H,8-10,17H2,1-4H3,(H,18,20)/t15-/m0/s1. The molecule has 1 rings (SSSR count). The Labute approximate surface area is 127 Å². The number of hydrogen-bond acceptors (Lipinski definition) is 4. The van der Waals surface area contributed by atoms with Crippen LogP contribution in [0, 0.1) is 5.92 Å². The van der Waals surface area contributed by atoms with Gasteiger partial charge in [-0.15, -0.1) is 0 Å². The molecule has 0 aromatic heterocycles. The van der Waals surface area contributed by atoms with Gasteiger partial charge in [0, 0.05) is 18.3 Å². The summed E-state index contributed by atoms with van der Waals surface area (Å²) in [6.07, 6.45) is 0.671. The van der Waals surface area contributed by atoms with Crippen molar-refractivity contribution in [2.24, 2.45) is 11.7 Å². The third kappa shape index (κ3) is 7.11. The van der Waals surface area contributed by atoms with E-state index in [0.717, 1.165) is 12.3 Å². The summed E-state index contributed by atoms with van der Waals surface area (Å²) in [6.45, 7) is 5.55. The SMILES string of the molecule is CC(C)C[C@H](N)C(=O)Nc1cccc(OCCN(C)C)c1. The third-order valence-corrected chi connectivity index (χ3v) is 2.97. The Kier molecular flexibility index (Phi) is 7.19. The molecule has 0 radical (unpaired) electrons. The van der Waals surface area contributed by atoms with Gasteiger partial charge in [-0.2, -0.15) is 0 Å². The Morgan fingerprint density at radius 3 is 2.71 bits per heavy atom. The fourth-order valence-electron chi connectivity index (χ4n) is 1.86. The molecule has 0 aliphatic carbocycles. The van der Waals surface area contributed by atoms with Crippen molar-refractivity contribution in [1.82, 2.24) is 4.90 Å². The zero-order chi connectivity index (χ0) is 15.8. The Morgan fingerprint density at radius 2 is 2.10 bits per heavy atom. The number of nitrogens with zero attached hydrogens (tertiary/aromatic N) is 1. The maximum absolute atomic E-state index is 12.0. The van der Waals surface area contributed by atoms with Crippen molar-refractivity contribution in [3.05, 3.63) is 24.3 Å². The number of rotatable bonds is 8. The predicted molar refractivity (Wildman–Crippen MR) is 86.6 cm³/mol. The van der Waals surface area contributed by atoms with Crippen LogP contribution in [0.3, 0.4) is 0 Å². The van der Waals surface area contributed by atoms with Crippen molar-refractivity contribution >= 4 is 11.6 Å². The first-order chi connectivity index (χ1) is 9.88. The molecule has 0 aliphatic rings. The smallest absolute Gasteiger partial charge is 0.241 e. The van der Waals surface area contributed by atoms with E-state index in [1.54, 1.807) is 0 Å². The Bertz CT molecular complexity index is 447. The molecule has 1 aromatic rings. The molecule has 0 saturated heterocycles. The second kappa shape index (κ2) is 8.64. The van der Waals surface area contributed by atoms with Crippen LogP contribution in [0.25, 0.3) is 0 Å². The maximum atomic E-state index is 12.0. The van der Waals surface area contributed by atoms with Crippen LogP contribution in [-0.2, 0) is 4.79 Å². The van der Waals surface area contributed by atoms with Gasteiger partial charge in [0.2, 0.25) is 5.91 Å². The molecule has 0 fully saturated rings. The topological polar surface area (TPSA) is 67.6 Å². The predicted octanol–water partition coefficient (Wildman–Crippen LogP) is 1.94. The van der Waals surface area contributed by atoms with Gasteiger partial charge in [0.05, 0.1) is 6.04 Å². The van der Waals surface area contributed by atoms with Gasteiger partial charge in [-0.1, -0.05) is 19.9 Å². The minimum atomic E-state index is -0.483. The van der Waals surface area contributed by atoms with Crippen LogP contribution < -0.4 is 15.8 Å². The van der Waals surface area contributed by atoms with Crippen LogP contribution in [0.1, 0.15) is 20.3 Å². The van der Waals surface area contributed by atoms with Gasteiger partial charge in [-0.3, -0.25) is 4.79 Å². The zero-order valence-electron chi connectivity index (χ0n) is 13.4. The van der Waals surface area contributed by atoms with Crippen LogP contribution in [0.15, 0.2) is 24.3 Å². The van der Waals surface area contributed by atoms with E-state index in [4.69, 9.17) is 10.5 Å². The molecule has 1 aromatic carbocycles. The molecule has 0 bridgehead atoms. The van der Waals surface area contributed by atoms with E-state index in [2.05, 4.69) is 10.2 Å². The van der Waals surface area contributed by atoms with E-state index in [0.29, 0.717) is 24.6 Å². The van der Waals surface area contributed by atoms with Gasteiger partial charge in [0.15, 0.2) is 0 Å². The van der Waals surface area contributed by atoms with Gasteiger partial charge >= 0.3 is 0 Å². The van der Waals surface area contributed by atoms with Crippen LogP contribution in [-0.4, -0.2) is 44.1 Å². The average molecular weight is 293 g/mol. The number of nitrogens with two attached hydrogens (primary N) is 1. The first-order valence-electron chi connectivity index (χ1n) is 7.32. The lowest BCUT2D eigenvalue weighted by molar-refractivity contribution is -0.117. The highest BCUT2D eigenvalue weighted by molar-refractivity contribution is 5.94. The lowest BCUT2D eigenvalue weighted by Gasteiger charge is -2.15. The molecule has 0 spiro atoms. The van der Waals surface area contributed by atoms with Gasteiger partial charge in [0.1, 0.15) is 12.4 Å². The van der Waals surface area contributed by atoms with Crippen LogP contribution in [0.5, 0.6) is 5.75 Å². The molecule has 0 saturated carbocycles. The summed E-state index contributed by atoms with van der Waals surface area (Å²) in [7, 11) is 3.99. The van der Waals surface area contributed by atoms with Gasteiger partial charge in [-0.25, -0.2) is 0 Å². The molecule has 0 unspecified atom stereocenters. The summed E-state index contributed by atoms with van der Waals surface area (Å²) in [5, 5.41) is 2.83. The second-order valence-corrected chi connectivity index (χ2v) is 5.90. The Morgan fingerprint density at radius 1 is 1.38 bits per heavy atom. The highest BCUT2D eigenvalue weighted by Crippen LogP contribution is 2.18. The van der Waals surface area contributed by atoms with E-state index < -0.39 is 6.04 Å². The highest BCUT2D eigenvalue weighted by Gasteiger charge is 2.15. The summed E-state index contributed by atoms with van der Waals surface area (Å²) < 4.78 is 5.64. The van der Waals surface area contributed by atoms with E-state index in [-0.39, 0.29) is 5.91 Å². The van der Waals surface area contributed by atoms with E-state index in [1.165, 1.54) is 0 Å². The zero-order valence-corrected chi connectivity index (χ0v) is 13.4. The van der Waals surface area contributed by atoms with Crippen LogP contribution in [0.2, 0.25) is 0 Å². The van der Waals surface area contributed by atoms with E-state index in [9.17, 15) is 4.79 Å². The number of ether oxygens (including phenoxy) is 1. The Balaban J connectivity index is 2.53. The average Bonchev–Trinajstić information content (AvgIpc) is 2.37.